The Morgan fingerprint density at radius 3 is 2.46 bits per heavy atom. The van der Waals surface area contributed by atoms with Crippen LogP contribution in [0.2, 0.25) is 0 Å². The molecule has 1 atom stereocenters. The molecule has 3 aromatic carbocycles. The maximum absolute atomic E-state index is 12.7. The van der Waals surface area contributed by atoms with Gasteiger partial charge in [0.05, 0.1) is 23.0 Å². The summed E-state index contributed by atoms with van der Waals surface area (Å²) in [6.45, 7) is 5.15. The number of aromatic nitrogens is 2. The number of aryl methyl sites for hydroxylation is 2. The highest BCUT2D eigenvalue weighted by atomic mass is 32.2. The standard InChI is InChI=1S/C31H36N4O5S/c1-31(2,17-18-35-21-28(32-22-35)24-14-11-23(12-15-24)13-16-30(37)38)33-20-29(36)25-7-6-8-26(19-25)34-41(39,40)27-9-4-3-5-10-27/h3-12,14-15,19,21-22,29,33-34,36H,13,16-18,20H2,1-2H3,(H,37,38). The zero-order chi connectivity index (χ0) is 29.5. The molecule has 0 aliphatic rings. The molecule has 0 amide bonds. The maximum Gasteiger partial charge on any atom is 0.303 e. The highest BCUT2D eigenvalue weighted by Crippen LogP contribution is 2.22. The second-order valence-electron chi connectivity index (χ2n) is 10.7. The number of rotatable bonds is 14. The Hall–Kier alpha value is -3.99. The van der Waals surface area contributed by atoms with Crippen LogP contribution < -0.4 is 10.0 Å². The number of aliphatic hydroxyl groups is 1. The zero-order valence-corrected chi connectivity index (χ0v) is 24.0. The van der Waals surface area contributed by atoms with Crippen LogP contribution >= 0.6 is 0 Å². The monoisotopic (exact) mass is 576 g/mol. The summed E-state index contributed by atoms with van der Waals surface area (Å²) in [5.74, 6) is -0.807. The summed E-state index contributed by atoms with van der Waals surface area (Å²) in [5, 5.41) is 23.1. The number of nitrogens with one attached hydrogen (secondary N) is 2. The number of hydrogen-bond donors (Lipinski definition) is 4. The number of aliphatic carboxylic acids is 1. The number of hydrogen-bond acceptors (Lipinski definition) is 6. The molecule has 41 heavy (non-hydrogen) atoms. The Morgan fingerprint density at radius 1 is 1.02 bits per heavy atom. The average Bonchev–Trinajstić information content (AvgIpc) is 3.44. The highest BCUT2D eigenvalue weighted by molar-refractivity contribution is 7.92. The van der Waals surface area contributed by atoms with E-state index in [1.807, 2.05) is 35.0 Å². The van der Waals surface area contributed by atoms with Gasteiger partial charge in [0.1, 0.15) is 0 Å². The molecule has 10 heteroatoms. The van der Waals surface area contributed by atoms with Crippen LogP contribution in [0.25, 0.3) is 11.3 Å². The van der Waals surface area contributed by atoms with Gasteiger partial charge in [-0.05, 0) is 62.1 Å². The van der Waals surface area contributed by atoms with Gasteiger partial charge in [0.15, 0.2) is 0 Å². The van der Waals surface area contributed by atoms with E-state index in [1.54, 1.807) is 48.8 Å². The normalized spacial score (nSPS) is 12.7. The van der Waals surface area contributed by atoms with Crippen molar-refractivity contribution in [3.05, 3.63) is 103 Å². The molecule has 0 spiro atoms. The van der Waals surface area contributed by atoms with E-state index in [9.17, 15) is 18.3 Å². The van der Waals surface area contributed by atoms with Gasteiger partial charge in [0.25, 0.3) is 10.0 Å². The number of carbonyl (C=O) groups is 1. The minimum Gasteiger partial charge on any atom is -0.481 e. The van der Waals surface area contributed by atoms with E-state index < -0.39 is 22.1 Å². The SMILES string of the molecule is CC(C)(CCn1cnc(-c2ccc(CCC(=O)O)cc2)c1)NCC(O)c1cccc(NS(=O)(=O)c2ccccc2)c1. The Morgan fingerprint density at radius 2 is 1.76 bits per heavy atom. The summed E-state index contributed by atoms with van der Waals surface area (Å²) in [6, 6.07) is 22.7. The molecule has 1 aromatic heterocycles. The van der Waals surface area contributed by atoms with Crippen LogP contribution in [0.1, 0.15) is 43.9 Å². The molecule has 0 saturated heterocycles. The Bertz CT molecular complexity index is 1550. The van der Waals surface area contributed by atoms with Crippen molar-refractivity contribution in [2.45, 2.75) is 56.2 Å². The molecule has 0 bridgehead atoms. The van der Waals surface area contributed by atoms with Crippen molar-refractivity contribution in [2.75, 3.05) is 11.3 Å². The molecule has 0 aliphatic heterocycles. The van der Waals surface area contributed by atoms with Gasteiger partial charge in [-0.15, -0.1) is 0 Å². The van der Waals surface area contributed by atoms with Crippen LogP contribution in [0.5, 0.6) is 0 Å². The van der Waals surface area contributed by atoms with Crippen LogP contribution in [-0.2, 0) is 27.8 Å². The Kier molecular flexibility index (Phi) is 9.59. The third kappa shape index (κ3) is 8.75. The molecule has 4 N–H and O–H groups in total. The van der Waals surface area contributed by atoms with Crippen molar-refractivity contribution in [1.82, 2.24) is 14.9 Å². The van der Waals surface area contributed by atoms with Crippen LogP contribution in [0.3, 0.4) is 0 Å². The number of benzene rings is 3. The molecule has 0 saturated carbocycles. The molecule has 0 fully saturated rings. The smallest absolute Gasteiger partial charge is 0.303 e. The lowest BCUT2D eigenvalue weighted by atomic mass is 9.99. The minimum absolute atomic E-state index is 0.109. The van der Waals surface area contributed by atoms with Crippen molar-refractivity contribution in [1.29, 1.82) is 0 Å². The largest absolute Gasteiger partial charge is 0.481 e. The van der Waals surface area contributed by atoms with E-state index in [2.05, 4.69) is 28.9 Å². The number of sulfonamides is 1. The number of aliphatic hydroxyl groups excluding tert-OH is 1. The Balaban J connectivity index is 1.28. The van der Waals surface area contributed by atoms with Gasteiger partial charge >= 0.3 is 5.97 Å². The lowest BCUT2D eigenvalue weighted by molar-refractivity contribution is -0.136. The van der Waals surface area contributed by atoms with E-state index in [1.165, 1.54) is 12.1 Å². The van der Waals surface area contributed by atoms with Crippen molar-refractivity contribution >= 4 is 21.7 Å². The van der Waals surface area contributed by atoms with Crippen LogP contribution in [-0.4, -0.2) is 46.2 Å². The summed E-state index contributed by atoms with van der Waals surface area (Å²) < 4.78 is 29.9. The lowest BCUT2D eigenvalue weighted by Crippen LogP contribution is -2.42. The first-order valence-electron chi connectivity index (χ1n) is 13.4. The average molecular weight is 577 g/mol. The quantitative estimate of drug-likeness (QED) is 0.168. The van der Waals surface area contributed by atoms with Crippen LogP contribution in [0.4, 0.5) is 5.69 Å². The van der Waals surface area contributed by atoms with Gasteiger partial charge < -0.3 is 20.1 Å². The highest BCUT2D eigenvalue weighted by Gasteiger charge is 2.20. The van der Waals surface area contributed by atoms with Crippen LogP contribution in [0.15, 0.2) is 96.3 Å². The molecule has 4 rings (SSSR count). The minimum atomic E-state index is -3.72. The number of carboxylic acids is 1. The lowest BCUT2D eigenvalue weighted by Gasteiger charge is -2.28. The summed E-state index contributed by atoms with van der Waals surface area (Å²) >= 11 is 0. The number of carboxylic acid groups (broad SMARTS) is 1. The molecular weight excluding hydrogens is 540 g/mol. The first kappa shape index (κ1) is 30.0. The van der Waals surface area contributed by atoms with Crippen molar-refractivity contribution in [2.24, 2.45) is 0 Å². The van der Waals surface area contributed by atoms with E-state index in [0.717, 1.165) is 29.8 Å². The third-order valence-corrected chi connectivity index (χ3v) is 8.25. The van der Waals surface area contributed by atoms with Crippen molar-refractivity contribution in [3.8, 4) is 11.3 Å². The van der Waals surface area contributed by atoms with Gasteiger partial charge in [0.2, 0.25) is 0 Å². The second-order valence-corrected chi connectivity index (χ2v) is 12.3. The third-order valence-electron chi connectivity index (χ3n) is 6.86. The van der Waals surface area contributed by atoms with E-state index >= 15 is 0 Å². The van der Waals surface area contributed by atoms with E-state index in [-0.39, 0.29) is 16.9 Å². The number of nitrogens with zero attached hydrogens (tertiary/aromatic N) is 2. The van der Waals surface area contributed by atoms with Crippen LogP contribution in [0, 0.1) is 0 Å². The topological polar surface area (TPSA) is 134 Å². The van der Waals surface area contributed by atoms with E-state index in [4.69, 9.17) is 5.11 Å². The summed E-state index contributed by atoms with van der Waals surface area (Å²) in [6.07, 6.45) is 4.34. The van der Waals surface area contributed by atoms with E-state index in [0.29, 0.717) is 24.2 Å². The van der Waals surface area contributed by atoms with Gasteiger partial charge in [-0.1, -0.05) is 54.6 Å². The zero-order valence-electron chi connectivity index (χ0n) is 23.2. The first-order valence-corrected chi connectivity index (χ1v) is 14.9. The second kappa shape index (κ2) is 13.1. The maximum atomic E-state index is 12.7. The van der Waals surface area contributed by atoms with Crippen molar-refractivity contribution < 1.29 is 23.4 Å². The summed E-state index contributed by atoms with van der Waals surface area (Å²) in [5.41, 5.74) is 3.50. The van der Waals surface area contributed by atoms with Gasteiger partial charge in [0, 0.05) is 42.5 Å². The number of β-amino-alcohol motifs (C(OH)–C–C–N with tert-alkyl or cyclic N) is 1. The molecule has 1 heterocycles. The fraction of sp³-hybridized carbons (Fsp3) is 0.290. The van der Waals surface area contributed by atoms with Gasteiger partial charge in [-0.2, -0.15) is 0 Å². The molecule has 9 nitrogen and oxygen atoms in total. The predicted molar refractivity (Wildman–Crippen MR) is 159 cm³/mol. The van der Waals surface area contributed by atoms with Gasteiger partial charge in [-0.3, -0.25) is 9.52 Å². The fourth-order valence-electron chi connectivity index (χ4n) is 4.34. The van der Waals surface area contributed by atoms with Gasteiger partial charge in [-0.25, -0.2) is 13.4 Å². The first-order chi connectivity index (χ1) is 19.5. The predicted octanol–water partition coefficient (Wildman–Crippen LogP) is 4.86. The molecular formula is C31H36N4O5S. The molecule has 4 aromatic rings. The molecule has 0 aliphatic carbocycles. The fourth-order valence-corrected chi connectivity index (χ4v) is 5.41. The number of imidazole rings is 1. The molecule has 0 radical (unpaired) electrons. The van der Waals surface area contributed by atoms with Crippen molar-refractivity contribution in [3.63, 3.8) is 0 Å². The summed E-state index contributed by atoms with van der Waals surface area (Å²) in [4.78, 5) is 15.5. The molecule has 1 unspecified atom stereocenters. The molecule has 216 valence electrons. The number of anilines is 1. The Labute approximate surface area is 241 Å². The summed E-state index contributed by atoms with van der Waals surface area (Å²) in [7, 11) is -3.72.